The molecule has 100 valence electrons. The third-order valence-corrected chi connectivity index (χ3v) is 3.43. The average Bonchev–Trinajstić information content (AvgIpc) is 2.87. The molecule has 2 rings (SSSR count). The van der Waals surface area contributed by atoms with Gasteiger partial charge in [0.1, 0.15) is 12.4 Å². The SMILES string of the molecule is CO[NH2+]c1cccc(OCCN2CCCC2)c1C. The number of nitrogens with zero attached hydrogens (tertiary/aromatic N) is 1. The van der Waals surface area contributed by atoms with E-state index in [-0.39, 0.29) is 0 Å². The van der Waals surface area contributed by atoms with E-state index in [1.54, 1.807) is 12.6 Å². The van der Waals surface area contributed by atoms with Gasteiger partial charge in [-0.1, -0.05) is 6.07 Å². The fourth-order valence-corrected chi connectivity index (χ4v) is 2.33. The zero-order valence-corrected chi connectivity index (χ0v) is 11.3. The van der Waals surface area contributed by atoms with E-state index in [0.717, 1.165) is 30.2 Å². The van der Waals surface area contributed by atoms with E-state index in [2.05, 4.69) is 11.8 Å². The van der Waals surface area contributed by atoms with Crippen molar-refractivity contribution in [2.75, 3.05) is 33.4 Å². The summed E-state index contributed by atoms with van der Waals surface area (Å²) in [6.45, 7) is 6.30. The Hall–Kier alpha value is -1.10. The van der Waals surface area contributed by atoms with Crippen LogP contribution in [0.5, 0.6) is 5.75 Å². The lowest BCUT2D eigenvalue weighted by molar-refractivity contribution is -0.830. The quantitative estimate of drug-likeness (QED) is 0.610. The standard InChI is InChI=1S/C14H22N2O2/c1-12-13(15-17-2)6-5-7-14(12)18-11-10-16-8-3-4-9-16/h5-7,15H,3-4,8-11H2,1-2H3/p+1. The summed E-state index contributed by atoms with van der Waals surface area (Å²) in [7, 11) is 1.67. The van der Waals surface area contributed by atoms with E-state index in [1.165, 1.54) is 25.9 Å². The van der Waals surface area contributed by atoms with Crippen molar-refractivity contribution in [3.8, 4) is 5.75 Å². The van der Waals surface area contributed by atoms with Gasteiger partial charge >= 0.3 is 0 Å². The molecule has 1 aromatic rings. The lowest BCUT2D eigenvalue weighted by atomic mass is 10.2. The number of benzene rings is 1. The average molecular weight is 251 g/mol. The predicted molar refractivity (Wildman–Crippen MR) is 70.9 cm³/mol. The Morgan fingerprint density at radius 3 is 2.78 bits per heavy atom. The van der Waals surface area contributed by atoms with Crippen molar-refractivity contribution >= 4 is 5.69 Å². The fourth-order valence-electron chi connectivity index (χ4n) is 2.33. The van der Waals surface area contributed by atoms with Gasteiger partial charge in [-0.15, -0.1) is 0 Å². The molecule has 0 saturated carbocycles. The molecule has 0 unspecified atom stereocenters. The highest BCUT2D eigenvalue weighted by atomic mass is 16.6. The molecule has 0 atom stereocenters. The molecule has 1 heterocycles. The number of likely N-dealkylation sites (tertiary alicyclic amines) is 1. The van der Waals surface area contributed by atoms with Crippen LogP contribution in [0.15, 0.2) is 18.2 Å². The van der Waals surface area contributed by atoms with Crippen LogP contribution in [0.3, 0.4) is 0 Å². The van der Waals surface area contributed by atoms with Crippen LogP contribution in [0.4, 0.5) is 5.69 Å². The Morgan fingerprint density at radius 2 is 2.06 bits per heavy atom. The molecule has 18 heavy (non-hydrogen) atoms. The van der Waals surface area contributed by atoms with Gasteiger partial charge in [0.25, 0.3) is 0 Å². The van der Waals surface area contributed by atoms with Gasteiger partial charge in [0.2, 0.25) is 0 Å². The second kappa shape index (κ2) is 6.73. The monoisotopic (exact) mass is 251 g/mol. The van der Waals surface area contributed by atoms with Crippen molar-refractivity contribution in [1.29, 1.82) is 0 Å². The Balaban J connectivity index is 1.86. The van der Waals surface area contributed by atoms with Crippen LogP contribution in [0.1, 0.15) is 18.4 Å². The first-order valence-corrected chi connectivity index (χ1v) is 6.62. The maximum absolute atomic E-state index is 5.87. The van der Waals surface area contributed by atoms with Gasteiger partial charge in [0, 0.05) is 12.6 Å². The molecule has 0 aromatic heterocycles. The van der Waals surface area contributed by atoms with Crippen molar-refractivity contribution < 1.29 is 15.1 Å². The van der Waals surface area contributed by atoms with Gasteiger partial charge in [-0.05, 0) is 38.9 Å². The minimum atomic E-state index is 0.761. The first-order valence-electron chi connectivity index (χ1n) is 6.62. The van der Waals surface area contributed by atoms with Crippen molar-refractivity contribution in [3.63, 3.8) is 0 Å². The number of hydrogen-bond acceptors (Lipinski definition) is 3. The topological polar surface area (TPSA) is 38.3 Å². The largest absolute Gasteiger partial charge is 0.492 e. The molecular formula is C14H23N2O2+. The third-order valence-electron chi connectivity index (χ3n) is 3.43. The first kappa shape index (κ1) is 13.3. The van der Waals surface area contributed by atoms with E-state index in [0.29, 0.717) is 0 Å². The van der Waals surface area contributed by atoms with Crippen LogP contribution >= 0.6 is 0 Å². The molecule has 1 aromatic carbocycles. The van der Waals surface area contributed by atoms with Crippen LogP contribution in [0, 0.1) is 6.92 Å². The highest BCUT2D eigenvalue weighted by Gasteiger charge is 2.12. The van der Waals surface area contributed by atoms with Crippen molar-refractivity contribution in [1.82, 2.24) is 4.90 Å². The van der Waals surface area contributed by atoms with Crippen LogP contribution < -0.4 is 10.2 Å². The molecule has 0 amide bonds. The summed E-state index contributed by atoms with van der Waals surface area (Å²) in [5, 5.41) is 0. The zero-order valence-electron chi connectivity index (χ0n) is 11.3. The van der Waals surface area contributed by atoms with E-state index in [9.17, 15) is 0 Å². The van der Waals surface area contributed by atoms with Crippen molar-refractivity contribution in [2.45, 2.75) is 19.8 Å². The van der Waals surface area contributed by atoms with Gasteiger partial charge in [0.05, 0.1) is 12.7 Å². The van der Waals surface area contributed by atoms with Crippen LogP contribution in [-0.2, 0) is 4.84 Å². The second-order valence-corrected chi connectivity index (χ2v) is 4.72. The van der Waals surface area contributed by atoms with Crippen LogP contribution in [0.25, 0.3) is 0 Å². The lowest BCUT2D eigenvalue weighted by Crippen LogP contribution is -2.76. The van der Waals surface area contributed by atoms with E-state index < -0.39 is 0 Å². The zero-order chi connectivity index (χ0) is 12.8. The predicted octanol–water partition coefficient (Wildman–Crippen LogP) is 1.23. The van der Waals surface area contributed by atoms with E-state index in [4.69, 9.17) is 9.57 Å². The summed E-state index contributed by atoms with van der Waals surface area (Å²) in [4.78, 5) is 7.52. The Labute approximate surface area is 109 Å². The van der Waals surface area contributed by atoms with E-state index >= 15 is 0 Å². The van der Waals surface area contributed by atoms with Crippen LogP contribution in [-0.4, -0.2) is 38.3 Å². The highest BCUT2D eigenvalue weighted by molar-refractivity contribution is 5.47. The Morgan fingerprint density at radius 1 is 1.28 bits per heavy atom. The first-order chi connectivity index (χ1) is 8.81. The van der Waals surface area contributed by atoms with Gasteiger partial charge in [-0.3, -0.25) is 4.90 Å². The molecule has 1 aliphatic rings. The van der Waals surface area contributed by atoms with Gasteiger partial charge in [0.15, 0.2) is 5.69 Å². The molecule has 0 radical (unpaired) electrons. The molecule has 1 saturated heterocycles. The number of nitrogens with two attached hydrogens (primary N) is 1. The molecule has 0 bridgehead atoms. The summed E-state index contributed by atoms with van der Waals surface area (Å²) in [6.07, 6.45) is 2.66. The lowest BCUT2D eigenvalue weighted by Gasteiger charge is -2.16. The Bertz CT molecular complexity index is 376. The van der Waals surface area contributed by atoms with Crippen molar-refractivity contribution in [2.24, 2.45) is 0 Å². The number of quaternary nitrogens is 1. The summed E-state index contributed by atoms with van der Waals surface area (Å²) in [5.41, 5.74) is 3.97. The normalized spacial score (nSPS) is 16.1. The smallest absolute Gasteiger partial charge is 0.168 e. The molecule has 4 nitrogen and oxygen atoms in total. The Kier molecular flexibility index (Phi) is 4.99. The summed E-state index contributed by atoms with van der Waals surface area (Å²) >= 11 is 0. The maximum atomic E-state index is 5.87. The number of rotatable bonds is 6. The minimum Gasteiger partial charge on any atom is -0.492 e. The molecule has 0 spiro atoms. The highest BCUT2D eigenvalue weighted by Crippen LogP contribution is 2.22. The molecule has 4 heteroatoms. The van der Waals surface area contributed by atoms with Gasteiger partial charge in [-0.25, -0.2) is 4.84 Å². The van der Waals surface area contributed by atoms with Crippen molar-refractivity contribution in [3.05, 3.63) is 23.8 Å². The summed E-state index contributed by atoms with van der Waals surface area (Å²) < 4.78 is 5.87. The molecule has 0 aliphatic carbocycles. The number of ether oxygens (including phenoxy) is 1. The summed E-state index contributed by atoms with van der Waals surface area (Å²) in [6, 6.07) is 6.06. The molecule has 2 N–H and O–H groups in total. The molecular weight excluding hydrogens is 228 g/mol. The minimum absolute atomic E-state index is 0.761. The van der Waals surface area contributed by atoms with Crippen LogP contribution in [0.2, 0.25) is 0 Å². The fraction of sp³-hybridized carbons (Fsp3) is 0.571. The van der Waals surface area contributed by atoms with Gasteiger partial charge in [-0.2, -0.15) is 5.48 Å². The van der Waals surface area contributed by atoms with Gasteiger partial charge < -0.3 is 4.74 Å². The molecule has 1 aliphatic heterocycles. The second-order valence-electron chi connectivity index (χ2n) is 4.72. The van der Waals surface area contributed by atoms with E-state index in [1.807, 2.05) is 18.2 Å². The molecule has 1 fully saturated rings. The third kappa shape index (κ3) is 3.45. The number of hydrogen-bond donors (Lipinski definition) is 1. The summed E-state index contributed by atoms with van der Waals surface area (Å²) in [5.74, 6) is 0.958. The maximum Gasteiger partial charge on any atom is 0.168 e.